The summed E-state index contributed by atoms with van der Waals surface area (Å²) in [6.07, 6.45) is 3.93. The highest BCUT2D eigenvalue weighted by atomic mass is 16.5. The third-order valence-electron chi connectivity index (χ3n) is 6.00. The van der Waals surface area contributed by atoms with Gasteiger partial charge in [-0.05, 0) is 53.8 Å². The number of methoxy groups -OCH3 is 1. The van der Waals surface area contributed by atoms with Crippen molar-refractivity contribution in [3.63, 3.8) is 0 Å². The Kier molecular flexibility index (Phi) is 6.07. The number of fused-ring (bicyclic) bond motifs is 8. The summed E-state index contributed by atoms with van der Waals surface area (Å²) in [5.41, 5.74) is 2.83. The van der Waals surface area contributed by atoms with Gasteiger partial charge in [-0.25, -0.2) is 4.98 Å². The molecule has 176 valence electrons. The van der Waals surface area contributed by atoms with Crippen LogP contribution in [0.5, 0.6) is 17.2 Å². The molecule has 2 aromatic carbocycles. The van der Waals surface area contributed by atoms with Crippen molar-refractivity contribution >= 4 is 11.8 Å². The average molecular weight is 463 g/mol. The van der Waals surface area contributed by atoms with Gasteiger partial charge in [0.05, 0.1) is 26.0 Å². The topological polar surface area (TPSA) is 103 Å². The molecule has 34 heavy (non-hydrogen) atoms. The van der Waals surface area contributed by atoms with E-state index in [1.807, 2.05) is 36.4 Å². The maximum absolute atomic E-state index is 13.4. The Morgan fingerprint density at radius 3 is 2.97 bits per heavy atom. The van der Waals surface area contributed by atoms with Gasteiger partial charge in [0.1, 0.15) is 5.75 Å². The Balaban J connectivity index is 1.63. The molecule has 3 aliphatic rings. The lowest BCUT2D eigenvalue weighted by Crippen LogP contribution is -2.40. The number of aromatic nitrogens is 1. The summed E-state index contributed by atoms with van der Waals surface area (Å²) < 4.78 is 22.6. The molecule has 0 saturated heterocycles. The molecule has 0 radical (unpaired) electrons. The van der Waals surface area contributed by atoms with Gasteiger partial charge in [0.15, 0.2) is 24.5 Å². The molecule has 3 aliphatic heterocycles. The molecule has 1 aromatic heterocycles. The SMILES string of the molecule is COc1cc2c3cc1OCC(=O)NCCCOc1cccc(c1)C2N(C(=O)c1cnco1)CC3. The summed E-state index contributed by atoms with van der Waals surface area (Å²) in [6, 6.07) is 11.1. The number of carbonyl (C=O) groups is 2. The van der Waals surface area contributed by atoms with Crippen LogP contribution in [-0.4, -0.2) is 55.1 Å². The molecule has 9 heteroatoms. The number of ether oxygens (including phenoxy) is 3. The fourth-order valence-electron chi connectivity index (χ4n) is 4.40. The van der Waals surface area contributed by atoms with Gasteiger partial charge in [0, 0.05) is 13.1 Å². The molecule has 0 saturated carbocycles. The molecular weight excluding hydrogens is 438 g/mol. The number of nitrogens with one attached hydrogen (secondary N) is 1. The van der Waals surface area contributed by atoms with Gasteiger partial charge < -0.3 is 28.8 Å². The van der Waals surface area contributed by atoms with E-state index in [1.165, 1.54) is 12.6 Å². The van der Waals surface area contributed by atoms with E-state index in [-0.39, 0.29) is 24.2 Å². The highest BCUT2D eigenvalue weighted by molar-refractivity contribution is 5.92. The van der Waals surface area contributed by atoms with Crippen molar-refractivity contribution in [2.24, 2.45) is 0 Å². The molecule has 4 heterocycles. The largest absolute Gasteiger partial charge is 0.494 e. The van der Waals surface area contributed by atoms with E-state index >= 15 is 0 Å². The van der Waals surface area contributed by atoms with Crippen LogP contribution in [0, 0.1) is 0 Å². The predicted molar refractivity (Wildman–Crippen MR) is 121 cm³/mol. The Bertz CT molecular complexity index is 1190. The molecule has 0 aliphatic carbocycles. The molecule has 6 bridgehead atoms. The van der Waals surface area contributed by atoms with Crippen LogP contribution in [0.1, 0.15) is 39.7 Å². The Labute approximate surface area is 196 Å². The summed E-state index contributed by atoms with van der Waals surface area (Å²) >= 11 is 0. The van der Waals surface area contributed by atoms with Crippen LogP contribution >= 0.6 is 0 Å². The first-order valence-corrected chi connectivity index (χ1v) is 11.2. The van der Waals surface area contributed by atoms with Gasteiger partial charge in [-0.2, -0.15) is 0 Å². The molecule has 1 N–H and O–H groups in total. The van der Waals surface area contributed by atoms with Crippen LogP contribution in [0.3, 0.4) is 0 Å². The van der Waals surface area contributed by atoms with Crippen LogP contribution in [0.4, 0.5) is 0 Å². The quantitative estimate of drug-likeness (QED) is 0.623. The number of carbonyl (C=O) groups excluding carboxylic acids is 2. The highest BCUT2D eigenvalue weighted by Gasteiger charge is 2.35. The van der Waals surface area contributed by atoms with Crippen molar-refractivity contribution in [1.29, 1.82) is 0 Å². The Morgan fingerprint density at radius 1 is 1.24 bits per heavy atom. The molecule has 0 spiro atoms. The number of amides is 2. The van der Waals surface area contributed by atoms with Gasteiger partial charge in [0.2, 0.25) is 5.76 Å². The van der Waals surface area contributed by atoms with Gasteiger partial charge >= 0.3 is 0 Å². The first kappa shape index (κ1) is 21.8. The zero-order valence-corrected chi connectivity index (χ0v) is 18.8. The minimum Gasteiger partial charge on any atom is -0.494 e. The van der Waals surface area contributed by atoms with Gasteiger partial charge in [-0.1, -0.05) is 12.1 Å². The molecule has 2 amide bonds. The monoisotopic (exact) mass is 463 g/mol. The lowest BCUT2D eigenvalue weighted by atomic mass is 9.87. The predicted octanol–water partition coefficient (Wildman–Crippen LogP) is 2.75. The van der Waals surface area contributed by atoms with Gasteiger partial charge in [-0.3, -0.25) is 9.59 Å². The van der Waals surface area contributed by atoms with Crippen LogP contribution < -0.4 is 19.5 Å². The summed E-state index contributed by atoms with van der Waals surface area (Å²) in [5, 5.41) is 2.83. The minimum atomic E-state index is -0.399. The van der Waals surface area contributed by atoms with E-state index in [2.05, 4.69) is 10.3 Å². The smallest absolute Gasteiger partial charge is 0.292 e. The van der Waals surface area contributed by atoms with Crippen LogP contribution in [0.25, 0.3) is 0 Å². The number of benzene rings is 2. The van der Waals surface area contributed by atoms with Gasteiger partial charge in [0.25, 0.3) is 11.8 Å². The molecule has 1 unspecified atom stereocenters. The lowest BCUT2D eigenvalue weighted by molar-refractivity contribution is -0.123. The van der Waals surface area contributed by atoms with Crippen LogP contribution in [0.15, 0.2) is 53.4 Å². The number of nitrogens with zero attached hydrogens (tertiary/aromatic N) is 2. The highest BCUT2D eigenvalue weighted by Crippen LogP contribution is 2.42. The summed E-state index contributed by atoms with van der Waals surface area (Å²) in [6.45, 7) is 1.28. The Morgan fingerprint density at radius 2 is 2.15 bits per heavy atom. The minimum absolute atomic E-state index is 0.116. The average Bonchev–Trinajstić information content (AvgIpc) is 3.40. The number of hydrogen-bond acceptors (Lipinski definition) is 7. The van der Waals surface area contributed by atoms with E-state index in [1.54, 1.807) is 12.0 Å². The van der Waals surface area contributed by atoms with E-state index in [0.717, 1.165) is 16.7 Å². The van der Waals surface area contributed by atoms with Crippen molar-refractivity contribution in [1.82, 2.24) is 15.2 Å². The van der Waals surface area contributed by atoms with Crippen molar-refractivity contribution in [3.8, 4) is 17.2 Å². The zero-order valence-electron chi connectivity index (χ0n) is 18.8. The van der Waals surface area contributed by atoms with Crippen molar-refractivity contribution in [2.45, 2.75) is 18.9 Å². The maximum Gasteiger partial charge on any atom is 0.292 e. The molecule has 9 nitrogen and oxygen atoms in total. The van der Waals surface area contributed by atoms with E-state index in [4.69, 9.17) is 18.6 Å². The summed E-state index contributed by atoms with van der Waals surface area (Å²) in [7, 11) is 1.55. The second-order valence-corrected chi connectivity index (χ2v) is 8.13. The number of rotatable bonds is 2. The normalized spacial score (nSPS) is 18.0. The zero-order chi connectivity index (χ0) is 23.5. The third kappa shape index (κ3) is 4.28. The first-order chi connectivity index (χ1) is 16.6. The first-order valence-electron chi connectivity index (χ1n) is 11.2. The second kappa shape index (κ2) is 9.46. The molecule has 0 fully saturated rings. The maximum atomic E-state index is 13.4. The third-order valence-corrected chi connectivity index (χ3v) is 6.00. The fraction of sp³-hybridized carbons (Fsp3) is 0.320. The van der Waals surface area contributed by atoms with Crippen LogP contribution in [0.2, 0.25) is 0 Å². The van der Waals surface area contributed by atoms with E-state index < -0.39 is 6.04 Å². The molecule has 1 atom stereocenters. The molecule has 3 aromatic rings. The second-order valence-electron chi connectivity index (χ2n) is 8.13. The Hall–Kier alpha value is -4.01. The van der Waals surface area contributed by atoms with Gasteiger partial charge in [-0.15, -0.1) is 0 Å². The fourth-order valence-corrected chi connectivity index (χ4v) is 4.40. The van der Waals surface area contributed by atoms with E-state index in [0.29, 0.717) is 49.8 Å². The summed E-state index contributed by atoms with van der Waals surface area (Å²) in [5.74, 6) is 1.41. The molecular formula is C25H25N3O6. The lowest BCUT2D eigenvalue weighted by Gasteiger charge is -2.37. The number of hydrogen-bond donors (Lipinski definition) is 1. The van der Waals surface area contributed by atoms with Crippen molar-refractivity contribution in [3.05, 3.63) is 71.4 Å². The number of oxazole rings is 1. The van der Waals surface area contributed by atoms with Crippen molar-refractivity contribution < 1.29 is 28.2 Å². The molecule has 6 rings (SSSR count). The summed E-state index contributed by atoms with van der Waals surface area (Å²) in [4.78, 5) is 31.3. The standard InChI is InChI=1S/C25H25N3O6/c1-31-20-12-19-16-6-8-28(25(30)22-13-26-15-34-22)24(19)17-4-2-5-18(10-17)32-9-3-7-27-23(29)14-33-21(20)11-16/h2,4-5,10-13,15,24H,3,6-9,14H2,1H3,(H,27,29). The van der Waals surface area contributed by atoms with E-state index in [9.17, 15) is 9.59 Å². The van der Waals surface area contributed by atoms with Crippen molar-refractivity contribution in [2.75, 3.05) is 33.4 Å². The van der Waals surface area contributed by atoms with Crippen LogP contribution in [-0.2, 0) is 11.2 Å².